The zero-order chi connectivity index (χ0) is 20.4. The molecular weight excluding hydrogens is 428 g/mol. The number of aromatic hydroxyl groups is 1. The summed E-state index contributed by atoms with van der Waals surface area (Å²) in [6, 6.07) is 21.5. The summed E-state index contributed by atoms with van der Waals surface area (Å²) in [7, 11) is 0. The molecule has 4 aromatic rings. The zero-order valence-electron chi connectivity index (χ0n) is 16.2. The van der Waals surface area contributed by atoms with Crippen LogP contribution in [-0.4, -0.2) is 15.3 Å². The maximum Gasteiger partial charge on any atom is 0.128 e. The second kappa shape index (κ2) is 8.13. The highest BCUT2D eigenvalue weighted by Crippen LogP contribution is 2.39. The number of phenols is 1. The van der Waals surface area contributed by atoms with Gasteiger partial charge in [-0.1, -0.05) is 52.3 Å². The number of nitrogens with one attached hydrogen (secondary N) is 1. The van der Waals surface area contributed by atoms with Crippen molar-refractivity contribution in [2.24, 2.45) is 0 Å². The Morgan fingerprint density at radius 2 is 1.76 bits per heavy atom. The van der Waals surface area contributed by atoms with Crippen molar-refractivity contribution in [3.8, 4) is 33.9 Å². The Kier molecular flexibility index (Phi) is 5.41. The quantitative estimate of drug-likeness (QED) is 0.370. The summed E-state index contributed by atoms with van der Waals surface area (Å²) in [4.78, 5) is 0. The van der Waals surface area contributed by atoms with Gasteiger partial charge in [0.1, 0.15) is 23.8 Å². The maximum atomic E-state index is 10.7. The van der Waals surface area contributed by atoms with Crippen LogP contribution in [0.4, 0.5) is 0 Å². The molecule has 0 saturated heterocycles. The van der Waals surface area contributed by atoms with Crippen molar-refractivity contribution in [1.29, 1.82) is 0 Å². The number of H-pyrrole nitrogens is 1. The lowest BCUT2D eigenvalue weighted by atomic mass is 9.99. The third-order valence-corrected chi connectivity index (χ3v) is 5.49. The second-order valence-electron chi connectivity index (χ2n) is 6.97. The van der Waals surface area contributed by atoms with E-state index < -0.39 is 0 Å². The fraction of sp³-hybridized carbons (Fsp3) is 0.125. The second-order valence-corrected chi connectivity index (χ2v) is 7.89. The minimum Gasteiger partial charge on any atom is -0.507 e. The van der Waals surface area contributed by atoms with Crippen LogP contribution in [0.1, 0.15) is 16.8 Å². The van der Waals surface area contributed by atoms with E-state index in [2.05, 4.69) is 39.1 Å². The lowest BCUT2D eigenvalue weighted by Crippen LogP contribution is -1.97. The summed E-state index contributed by atoms with van der Waals surface area (Å²) in [5.74, 6) is 0.754. The normalized spacial score (nSPS) is 10.9. The number of aromatic nitrogens is 2. The van der Waals surface area contributed by atoms with Crippen LogP contribution in [0, 0.1) is 13.8 Å². The Labute approximate surface area is 178 Å². The average molecular weight is 449 g/mol. The van der Waals surface area contributed by atoms with E-state index in [4.69, 9.17) is 4.74 Å². The number of aryl methyl sites for hydroxylation is 2. The Bertz CT molecular complexity index is 1150. The van der Waals surface area contributed by atoms with Crippen molar-refractivity contribution >= 4 is 15.9 Å². The molecule has 0 aliphatic rings. The third kappa shape index (κ3) is 4.05. The Morgan fingerprint density at radius 3 is 2.48 bits per heavy atom. The molecule has 0 aliphatic heterocycles. The van der Waals surface area contributed by atoms with Gasteiger partial charge in [0.2, 0.25) is 0 Å². The van der Waals surface area contributed by atoms with E-state index in [0.29, 0.717) is 23.6 Å². The van der Waals surface area contributed by atoms with Gasteiger partial charge in [0.25, 0.3) is 0 Å². The van der Waals surface area contributed by atoms with Crippen LogP contribution in [0.15, 0.2) is 71.2 Å². The highest BCUT2D eigenvalue weighted by atomic mass is 79.9. The van der Waals surface area contributed by atoms with Crippen molar-refractivity contribution in [2.45, 2.75) is 20.5 Å². The van der Waals surface area contributed by atoms with Crippen molar-refractivity contribution in [3.63, 3.8) is 0 Å². The van der Waals surface area contributed by atoms with E-state index >= 15 is 0 Å². The molecule has 5 heteroatoms. The number of phenolic OH excluding ortho intramolecular Hbond substituents is 1. The fourth-order valence-electron chi connectivity index (χ4n) is 3.33. The summed E-state index contributed by atoms with van der Waals surface area (Å²) in [6.07, 6.45) is 0. The van der Waals surface area contributed by atoms with E-state index in [-0.39, 0.29) is 5.75 Å². The fourth-order valence-corrected chi connectivity index (χ4v) is 3.59. The number of hydrogen-bond acceptors (Lipinski definition) is 3. The van der Waals surface area contributed by atoms with Gasteiger partial charge >= 0.3 is 0 Å². The van der Waals surface area contributed by atoms with Gasteiger partial charge in [-0.25, -0.2) is 0 Å². The van der Waals surface area contributed by atoms with Gasteiger partial charge in [0.05, 0.1) is 0 Å². The van der Waals surface area contributed by atoms with Gasteiger partial charge in [-0.3, -0.25) is 5.10 Å². The monoisotopic (exact) mass is 448 g/mol. The first-order valence-corrected chi connectivity index (χ1v) is 10.1. The van der Waals surface area contributed by atoms with Crippen LogP contribution in [0.3, 0.4) is 0 Å². The molecule has 0 bridgehead atoms. The molecule has 0 atom stereocenters. The first-order valence-electron chi connectivity index (χ1n) is 9.34. The Morgan fingerprint density at radius 1 is 1.00 bits per heavy atom. The van der Waals surface area contributed by atoms with Crippen molar-refractivity contribution in [1.82, 2.24) is 10.2 Å². The molecule has 0 unspecified atom stereocenters. The van der Waals surface area contributed by atoms with Crippen LogP contribution >= 0.6 is 15.9 Å². The maximum absolute atomic E-state index is 10.7. The molecule has 4 rings (SSSR count). The number of benzene rings is 3. The summed E-state index contributed by atoms with van der Waals surface area (Å²) in [5, 5.41) is 18.2. The molecule has 0 saturated carbocycles. The highest BCUT2D eigenvalue weighted by molar-refractivity contribution is 9.10. The molecule has 146 valence electrons. The lowest BCUT2D eigenvalue weighted by molar-refractivity contribution is 0.303. The molecule has 0 fully saturated rings. The number of halogens is 1. The zero-order valence-corrected chi connectivity index (χ0v) is 17.8. The van der Waals surface area contributed by atoms with E-state index in [1.54, 1.807) is 6.07 Å². The standard InChI is InChI=1S/C24H21BrN2O2/c1-15-5-3-4-6-18(15)14-29-20-11-12-21(22(28)13-20)24-23(16(2)26-27-24)17-7-9-19(25)10-8-17/h3-13,28H,14H2,1-2H3,(H,26,27). The summed E-state index contributed by atoms with van der Waals surface area (Å²) < 4.78 is 6.90. The van der Waals surface area contributed by atoms with Crippen LogP contribution in [0.25, 0.3) is 22.4 Å². The van der Waals surface area contributed by atoms with Gasteiger partial charge in [0, 0.05) is 27.4 Å². The van der Waals surface area contributed by atoms with E-state index in [1.165, 1.54) is 5.56 Å². The largest absolute Gasteiger partial charge is 0.507 e. The molecule has 0 spiro atoms. The van der Waals surface area contributed by atoms with Gasteiger partial charge in [0.15, 0.2) is 0 Å². The predicted molar refractivity (Wildman–Crippen MR) is 119 cm³/mol. The summed E-state index contributed by atoms with van der Waals surface area (Å²) >= 11 is 3.47. The minimum absolute atomic E-state index is 0.136. The molecule has 2 N–H and O–H groups in total. The summed E-state index contributed by atoms with van der Waals surface area (Å²) in [5.41, 5.74) is 6.64. The van der Waals surface area contributed by atoms with Crippen molar-refractivity contribution < 1.29 is 9.84 Å². The van der Waals surface area contributed by atoms with Crippen molar-refractivity contribution in [2.75, 3.05) is 0 Å². The molecule has 0 aliphatic carbocycles. The SMILES string of the molecule is Cc1ccccc1COc1ccc(-c2n[nH]c(C)c2-c2ccc(Br)cc2)c(O)c1. The van der Waals surface area contributed by atoms with E-state index in [9.17, 15) is 5.11 Å². The predicted octanol–water partition coefficient (Wildman–Crippen LogP) is 6.41. The minimum atomic E-state index is 0.136. The number of rotatable bonds is 5. The smallest absolute Gasteiger partial charge is 0.128 e. The molecule has 29 heavy (non-hydrogen) atoms. The van der Waals surface area contributed by atoms with Crippen molar-refractivity contribution in [3.05, 3.63) is 88.0 Å². The molecule has 1 heterocycles. The first-order chi connectivity index (χ1) is 14.0. The Balaban J connectivity index is 1.62. The number of hydrogen-bond donors (Lipinski definition) is 2. The van der Waals surface area contributed by atoms with Crippen LogP contribution in [0.2, 0.25) is 0 Å². The molecule has 4 nitrogen and oxygen atoms in total. The van der Waals surface area contributed by atoms with Crippen LogP contribution in [0.5, 0.6) is 11.5 Å². The molecule has 0 amide bonds. The number of aromatic amines is 1. The topological polar surface area (TPSA) is 58.1 Å². The lowest BCUT2D eigenvalue weighted by Gasteiger charge is -2.11. The van der Waals surface area contributed by atoms with Gasteiger partial charge < -0.3 is 9.84 Å². The van der Waals surface area contributed by atoms with E-state index in [0.717, 1.165) is 26.9 Å². The van der Waals surface area contributed by atoms with Gasteiger partial charge in [-0.05, 0) is 54.8 Å². The van der Waals surface area contributed by atoms with Gasteiger partial charge in [-0.2, -0.15) is 5.10 Å². The number of nitrogens with zero attached hydrogens (tertiary/aromatic N) is 1. The molecule has 0 radical (unpaired) electrons. The van der Waals surface area contributed by atoms with Crippen LogP contribution < -0.4 is 4.74 Å². The average Bonchev–Trinajstić information content (AvgIpc) is 3.09. The highest BCUT2D eigenvalue weighted by Gasteiger charge is 2.17. The summed E-state index contributed by atoms with van der Waals surface area (Å²) in [6.45, 7) is 4.49. The third-order valence-electron chi connectivity index (χ3n) is 4.96. The van der Waals surface area contributed by atoms with E-state index in [1.807, 2.05) is 61.5 Å². The Hall–Kier alpha value is -3.05. The first kappa shape index (κ1) is 19.3. The number of ether oxygens (including phenoxy) is 1. The van der Waals surface area contributed by atoms with Gasteiger partial charge in [-0.15, -0.1) is 0 Å². The molecule has 1 aromatic heterocycles. The molecule has 3 aromatic carbocycles. The van der Waals surface area contributed by atoms with Crippen LogP contribution in [-0.2, 0) is 6.61 Å². The molecular formula is C24H21BrN2O2.